The van der Waals surface area contributed by atoms with Crippen molar-refractivity contribution in [2.45, 2.75) is 26.1 Å². The van der Waals surface area contributed by atoms with Crippen molar-refractivity contribution in [1.82, 2.24) is 4.90 Å². The summed E-state index contributed by atoms with van der Waals surface area (Å²) in [5, 5.41) is 0. The number of nitrogens with two attached hydrogens (primary N) is 1. The van der Waals surface area contributed by atoms with Gasteiger partial charge in [-0.25, -0.2) is 0 Å². The number of nitrogens with zero attached hydrogens (tertiary/aromatic N) is 1. The van der Waals surface area contributed by atoms with E-state index >= 15 is 0 Å². The summed E-state index contributed by atoms with van der Waals surface area (Å²) in [6.45, 7) is 6.23. The molecule has 0 bridgehead atoms. The number of hydrogen-bond donors (Lipinski definition) is 1. The summed E-state index contributed by atoms with van der Waals surface area (Å²) in [5.74, 6) is 0.0189. The Bertz CT molecular complexity index is 201. The summed E-state index contributed by atoms with van der Waals surface area (Å²) in [4.78, 5) is 13.5. The number of carbonyl (C=O) groups excluding carboxylic acids is 1. The van der Waals surface area contributed by atoms with Gasteiger partial charge >= 0.3 is 0 Å². The minimum atomic E-state index is 0.0189. The predicted molar refractivity (Wildman–Crippen MR) is 56.5 cm³/mol. The number of morpholine rings is 1. The number of amides is 1. The Morgan fingerprint density at radius 2 is 2.07 bits per heavy atom. The second-order valence-electron chi connectivity index (χ2n) is 3.90. The van der Waals surface area contributed by atoms with Crippen LogP contribution in [0.25, 0.3) is 0 Å². The number of ether oxygens (including phenoxy) is 2. The van der Waals surface area contributed by atoms with E-state index in [1.54, 1.807) is 4.90 Å². The van der Waals surface area contributed by atoms with Gasteiger partial charge in [-0.1, -0.05) is 0 Å². The molecule has 1 saturated heterocycles. The van der Waals surface area contributed by atoms with Crippen LogP contribution in [0.2, 0.25) is 0 Å². The summed E-state index contributed by atoms with van der Waals surface area (Å²) in [6, 6.07) is 0. The minimum Gasteiger partial charge on any atom is -0.372 e. The lowest BCUT2D eigenvalue weighted by Crippen LogP contribution is -2.49. The van der Waals surface area contributed by atoms with Crippen LogP contribution < -0.4 is 5.73 Å². The maximum Gasteiger partial charge on any atom is 0.248 e. The van der Waals surface area contributed by atoms with Crippen molar-refractivity contribution in [3.63, 3.8) is 0 Å². The second-order valence-corrected chi connectivity index (χ2v) is 3.90. The molecule has 0 aromatic carbocycles. The molecule has 0 aliphatic carbocycles. The molecule has 15 heavy (non-hydrogen) atoms. The van der Waals surface area contributed by atoms with Gasteiger partial charge in [0.25, 0.3) is 0 Å². The lowest BCUT2D eigenvalue weighted by atomic mass is 10.2. The summed E-state index contributed by atoms with van der Waals surface area (Å²) < 4.78 is 10.6. The van der Waals surface area contributed by atoms with E-state index in [1.807, 2.05) is 13.8 Å². The van der Waals surface area contributed by atoms with Crippen LogP contribution in [0.5, 0.6) is 0 Å². The van der Waals surface area contributed by atoms with Gasteiger partial charge in [0.05, 0.1) is 18.8 Å². The van der Waals surface area contributed by atoms with E-state index < -0.39 is 0 Å². The quantitative estimate of drug-likeness (QED) is 0.649. The molecule has 1 aliphatic rings. The Labute approximate surface area is 90.5 Å². The van der Waals surface area contributed by atoms with Gasteiger partial charge in [-0.15, -0.1) is 0 Å². The molecule has 1 amide bonds. The zero-order valence-electron chi connectivity index (χ0n) is 9.44. The molecule has 5 heteroatoms. The maximum absolute atomic E-state index is 11.7. The highest BCUT2D eigenvalue weighted by Crippen LogP contribution is 2.10. The van der Waals surface area contributed by atoms with Gasteiger partial charge in [0, 0.05) is 19.6 Å². The summed E-state index contributed by atoms with van der Waals surface area (Å²) in [7, 11) is 0. The Morgan fingerprint density at radius 3 is 2.60 bits per heavy atom. The average molecular weight is 216 g/mol. The van der Waals surface area contributed by atoms with Gasteiger partial charge in [0.15, 0.2) is 0 Å². The molecule has 1 aliphatic heterocycles. The molecule has 1 heterocycles. The topological polar surface area (TPSA) is 64.8 Å². The number of carbonyl (C=O) groups is 1. The smallest absolute Gasteiger partial charge is 0.248 e. The van der Waals surface area contributed by atoms with Crippen molar-refractivity contribution in [1.29, 1.82) is 0 Å². The van der Waals surface area contributed by atoms with Gasteiger partial charge in [-0.3, -0.25) is 4.79 Å². The van der Waals surface area contributed by atoms with Crippen LogP contribution in [0.1, 0.15) is 13.8 Å². The third kappa shape index (κ3) is 4.15. The standard InChI is InChI=1S/C10H20N2O3/c1-8-5-12(6-9(2)15-8)10(13)7-14-4-3-11/h8-9H,3-7,11H2,1-2H3. The van der Waals surface area contributed by atoms with E-state index in [4.69, 9.17) is 15.2 Å². The average Bonchev–Trinajstić information content (AvgIpc) is 2.16. The Morgan fingerprint density at radius 1 is 1.47 bits per heavy atom. The Balaban J connectivity index is 2.31. The van der Waals surface area contributed by atoms with Gasteiger partial charge in [-0.05, 0) is 13.8 Å². The van der Waals surface area contributed by atoms with Crippen LogP contribution in [0.4, 0.5) is 0 Å². The molecule has 1 rings (SSSR count). The minimum absolute atomic E-state index is 0.0189. The fraction of sp³-hybridized carbons (Fsp3) is 0.900. The van der Waals surface area contributed by atoms with Crippen LogP contribution in [0.3, 0.4) is 0 Å². The molecule has 5 nitrogen and oxygen atoms in total. The van der Waals surface area contributed by atoms with E-state index in [0.29, 0.717) is 26.2 Å². The fourth-order valence-electron chi connectivity index (χ4n) is 1.72. The molecule has 0 aromatic rings. The first-order valence-corrected chi connectivity index (χ1v) is 5.34. The molecule has 2 N–H and O–H groups in total. The van der Waals surface area contributed by atoms with E-state index in [0.717, 1.165) is 0 Å². The lowest BCUT2D eigenvalue weighted by Gasteiger charge is -2.35. The molecular formula is C10H20N2O3. The van der Waals surface area contributed by atoms with Crippen molar-refractivity contribution in [3.8, 4) is 0 Å². The van der Waals surface area contributed by atoms with Gasteiger partial charge < -0.3 is 20.1 Å². The van der Waals surface area contributed by atoms with Crippen molar-refractivity contribution in [2.24, 2.45) is 5.73 Å². The maximum atomic E-state index is 11.7. The third-order valence-electron chi connectivity index (χ3n) is 2.26. The molecule has 1 fully saturated rings. The van der Waals surface area contributed by atoms with Crippen LogP contribution in [0.15, 0.2) is 0 Å². The molecule has 2 atom stereocenters. The first-order valence-electron chi connectivity index (χ1n) is 5.34. The molecule has 0 aromatic heterocycles. The first kappa shape index (κ1) is 12.4. The van der Waals surface area contributed by atoms with E-state index in [1.165, 1.54) is 0 Å². The van der Waals surface area contributed by atoms with Crippen molar-refractivity contribution in [2.75, 3.05) is 32.8 Å². The van der Waals surface area contributed by atoms with Crippen LogP contribution in [-0.4, -0.2) is 55.9 Å². The molecule has 88 valence electrons. The van der Waals surface area contributed by atoms with Crippen LogP contribution in [-0.2, 0) is 14.3 Å². The summed E-state index contributed by atoms with van der Waals surface area (Å²) in [6.07, 6.45) is 0.208. The lowest BCUT2D eigenvalue weighted by molar-refractivity contribution is -0.147. The largest absolute Gasteiger partial charge is 0.372 e. The molecule has 0 radical (unpaired) electrons. The Kier molecular flexibility index (Phi) is 5.01. The van der Waals surface area contributed by atoms with E-state index in [2.05, 4.69) is 0 Å². The van der Waals surface area contributed by atoms with E-state index in [-0.39, 0.29) is 24.7 Å². The van der Waals surface area contributed by atoms with Crippen LogP contribution in [0, 0.1) is 0 Å². The van der Waals surface area contributed by atoms with Gasteiger partial charge in [-0.2, -0.15) is 0 Å². The fourth-order valence-corrected chi connectivity index (χ4v) is 1.72. The normalized spacial score (nSPS) is 26.7. The monoisotopic (exact) mass is 216 g/mol. The predicted octanol–water partition coefficient (Wildman–Crippen LogP) is -0.402. The highest BCUT2D eigenvalue weighted by molar-refractivity contribution is 5.77. The molecule has 0 spiro atoms. The first-order chi connectivity index (χ1) is 7.13. The number of hydrogen-bond acceptors (Lipinski definition) is 4. The highest BCUT2D eigenvalue weighted by atomic mass is 16.5. The molecular weight excluding hydrogens is 196 g/mol. The van der Waals surface area contributed by atoms with Gasteiger partial charge in [0.2, 0.25) is 5.91 Å². The zero-order valence-corrected chi connectivity index (χ0v) is 9.44. The number of rotatable bonds is 4. The zero-order chi connectivity index (χ0) is 11.3. The van der Waals surface area contributed by atoms with Crippen molar-refractivity contribution < 1.29 is 14.3 Å². The molecule has 0 saturated carbocycles. The second kappa shape index (κ2) is 6.05. The Hall–Kier alpha value is -0.650. The van der Waals surface area contributed by atoms with E-state index in [9.17, 15) is 4.79 Å². The molecule has 2 unspecified atom stereocenters. The third-order valence-corrected chi connectivity index (χ3v) is 2.26. The van der Waals surface area contributed by atoms with Crippen molar-refractivity contribution in [3.05, 3.63) is 0 Å². The highest BCUT2D eigenvalue weighted by Gasteiger charge is 2.25. The van der Waals surface area contributed by atoms with Gasteiger partial charge in [0.1, 0.15) is 6.61 Å². The SMILES string of the molecule is CC1CN(C(=O)COCCN)CC(C)O1. The van der Waals surface area contributed by atoms with Crippen LogP contribution >= 0.6 is 0 Å². The summed E-state index contributed by atoms with van der Waals surface area (Å²) >= 11 is 0. The summed E-state index contributed by atoms with van der Waals surface area (Å²) in [5.41, 5.74) is 5.27. The van der Waals surface area contributed by atoms with Crippen molar-refractivity contribution >= 4 is 5.91 Å².